The number of halogens is 7. The zero-order valence-electron chi connectivity index (χ0n) is 13.8. The van der Waals surface area contributed by atoms with Gasteiger partial charge in [0.2, 0.25) is 0 Å². The van der Waals surface area contributed by atoms with Gasteiger partial charge in [-0.1, -0.05) is 0 Å². The number of rotatable bonds is 3. The Kier molecular flexibility index (Phi) is 5.69. The first-order valence-corrected chi connectivity index (χ1v) is 7.37. The second kappa shape index (κ2) is 7.67. The van der Waals surface area contributed by atoms with Crippen LogP contribution in [0.4, 0.5) is 36.4 Å². The van der Waals surface area contributed by atoms with E-state index in [2.05, 4.69) is 0 Å². The highest BCUT2D eigenvalue weighted by atomic mass is 19.4. The molecular formula is C17H7F7N4O. The molecular weight excluding hydrogens is 409 g/mol. The van der Waals surface area contributed by atoms with Crippen molar-refractivity contribution >= 4 is 11.6 Å². The summed E-state index contributed by atoms with van der Waals surface area (Å²) in [4.78, 5) is 12.0. The Morgan fingerprint density at radius 2 is 1.48 bits per heavy atom. The minimum atomic E-state index is -5.23. The fraction of sp³-hybridized carbons (Fsp3) is 0.118. The third-order valence-electron chi connectivity index (χ3n) is 3.56. The van der Waals surface area contributed by atoms with Gasteiger partial charge < -0.3 is 0 Å². The van der Waals surface area contributed by atoms with Crippen molar-refractivity contribution in [2.75, 3.05) is 5.43 Å². The number of amides is 1. The van der Waals surface area contributed by atoms with Crippen LogP contribution < -0.4 is 10.9 Å². The fourth-order valence-corrected chi connectivity index (χ4v) is 2.26. The molecule has 150 valence electrons. The minimum Gasteiger partial charge on any atom is -0.298 e. The van der Waals surface area contributed by atoms with Crippen molar-refractivity contribution in [1.82, 2.24) is 5.43 Å². The van der Waals surface area contributed by atoms with Gasteiger partial charge in [-0.3, -0.25) is 15.6 Å². The fourth-order valence-electron chi connectivity index (χ4n) is 2.26. The van der Waals surface area contributed by atoms with E-state index in [1.165, 1.54) is 12.1 Å². The van der Waals surface area contributed by atoms with Crippen LogP contribution in [-0.4, -0.2) is 5.91 Å². The SMILES string of the molecule is N#Cc1ccc(C(=O)NNc2ccc(C#N)c(F)c2C(F)(F)F)cc1C(F)(F)F. The molecule has 0 fully saturated rings. The summed E-state index contributed by atoms with van der Waals surface area (Å²) in [5.41, 5.74) is -3.01. The summed E-state index contributed by atoms with van der Waals surface area (Å²) in [5, 5.41) is 17.3. The number of hydrazine groups is 1. The smallest absolute Gasteiger partial charge is 0.298 e. The van der Waals surface area contributed by atoms with Crippen molar-refractivity contribution in [3.63, 3.8) is 0 Å². The molecule has 2 aromatic carbocycles. The molecule has 29 heavy (non-hydrogen) atoms. The maximum absolute atomic E-state index is 13.9. The molecule has 0 aromatic heterocycles. The van der Waals surface area contributed by atoms with E-state index >= 15 is 0 Å². The van der Waals surface area contributed by atoms with Gasteiger partial charge in [-0.05, 0) is 30.3 Å². The molecule has 0 aliphatic rings. The topological polar surface area (TPSA) is 88.7 Å². The van der Waals surface area contributed by atoms with Crippen LogP contribution in [0.2, 0.25) is 0 Å². The van der Waals surface area contributed by atoms with Crippen LogP contribution in [0, 0.1) is 28.5 Å². The molecule has 0 radical (unpaired) electrons. The van der Waals surface area contributed by atoms with E-state index in [1.807, 2.05) is 0 Å². The lowest BCUT2D eigenvalue weighted by molar-refractivity contribution is -0.139. The van der Waals surface area contributed by atoms with E-state index in [9.17, 15) is 35.5 Å². The van der Waals surface area contributed by atoms with E-state index in [-0.39, 0.29) is 0 Å². The Balaban J connectivity index is 2.35. The first kappa shape index (κ1) is 21.5. The summed E-state index contributed by atoms with van der Waals surface area (Å²) < 4.78 is 92.0. The quantitative estimate of drug-likeness (QED) is 0.575. The number of carbonyl (C=O) groups is 1. The second-order valence-electron chi connectivity index (χ2n) is 5.41. The first-order chi connectivity index (χ1) is 13.4. The van der Waals surface area contributed by atoms with Crippen molar-refractivity contribution in [2.24, 2.45) is 0 Å². The highest BCUT2D eigenvalue weighted by Gasteiger charge is 2.38. The van der Waals surface area contributed by atoms with E-state index in [0.29, 0.717) is 12.1 Å². The molecule has 0 aliphatic heterocycles. The van der Waals surface area contributed by atoms with Gasteiger partial charge in [-0.15, -0.1) is 0 Å². The molecule has 12 heteroatoms. The number of nitrogens with one attached hydrogen (secondary N) is 2. The summed E-state index contributed by atoms with van der Waals surface area (Å²) in [6.07, 6.45) is -10.2. The maximum Gasteiger partial charge on any atom is 0.421 e. The number of alkyl halides is 6. The average Bonchev–Trinajstić information content (AvgIpc) is 2.63. The van der Waals surface area contributed by atoms with Gasteiger partial charge in [-0.2, -0.15) is 36.9 Å². The third-order valence-corrected chi connectivity index (χ3v) is 3.56. The highest BCUT2D eigenvalue weighted by molar-refractivity contribution is 5.95. The van der Waals surface area contributed by atoms with Crippen molar-refractivity contribution in [1.29, 1.82) is 10.5 Å². The third kappa shape index (κ3) is 4.55. The van der Waals surface area contributed by atoms with E-state index in [0.717, 1.165) is 18.2 Å². The van der Waals surface area contributed by atoms with Crippen LogP contribution >= 0.6 is 0 Å². The van der Waals surface area contributed by atoms with E-state index in [1.54, 1.807) is 10.9 Å². The molecule has 5 nitrogen and oxygen atoms in total. The van der Waals surface area contributed by atoms with Crippen LogP contribution in [0.3, 0.4) is 0 Å². The summed E-state index contributed by atoms with van der Waals surface area (Å²) in [6, 6.07) is 5.86. The average molecular weight is 416 g/mol. The van der Waals surface area contributed by atoms with Gasteiger partial charge in [0.05, 0.1) is 28.4 Å². The zero-order chi connectivity index (χ0) is 22.0. The summed E-state index contributed by atoms with van der Waals surface area (Å²) in [5.74, 6) is -3.16. The Bertz CT molecular complexity index is 1050. The van der Waals surface area contributed by atoms with Crippen LogP contribution in [0.25, 0.3) is 0 Å². The predicted octanol–water partition coefficient (Wildman–Crippen LogP) is 4.36. The lowest BCUT2D eigenvalue weighted by Gasteiger charge is -2.17. The summed E-state index contributed by atoms with van der Waals surface area (Å²) in [6.45, 7) is 0. The number of nitrogens with zero attached hydrogens (tertiary/aromatic N) is 2. The molecule has 0 spiro atoms. The van der Waals surface area contributed by atoms with Crippen LogP contribution in [0.15, 0.2) is 30.3 Å². The largest absolute Gasteiger partial charge is 0.421 e. The molecule has 0 heterocycles. The van der Waals surface area contributed by atoms with Gasteiger partial charge in [-0.25, -0.2) is 4.39 Å². The Labute approximate surface area is 157 Å². The summed E-state index contributed by atoms with van der Waals surface area (Å²) in [7, 11) is 0. The molecule has 0 unspecified atom stereocenters. The Morgan fingerprint density at radius 1 is 0.897 bits per heavy atom. The Morgan fingerprint density at radius 3 is 2.00 bits per heavy atom. The predicted molar refractivity (Wildman–Crippen MR) is 83.4 cm³/mol. The standard InChI is InChI=1S/C17H7F7N4O/c18-14-10(7-26)3-4-12(13(14)17(22,23)24)27-28-15(29)8-1-2-9(6-25)11(5-8)16(19,20)21/h1-5,27H,(H,28,29). The maximum atomic E-state index is 13.9. The normalized spacial score (nSPS) is 11.3. The van der Waals surface area contributed by atoms with E-state index < -0.39 is 57.6 Å². The molecule has 0 bridgehead atoms. The zero-order valence-corrected chi connectivity index (χ0v) is 13.8. The number of carbonyl (C=O) groups excluding carboxylic acids is 1. The monoisotopic (exact) mass is 416 g/mol. The van der Waals surface area contributed by atoms with Crippen LogP contribution in [0.5, 0.6) is 0 Å². The second-order valence-corrected chi connectivity index (χ2v) is 5.41. The molecule has 2 rings (SSSR count). The lowest BCUT2D eigenvalue weighted by atomic mass is 10.0. The Hall–Kier alpha value is -3.80. The van der Waals surface area contributed by atoms with Crippen LogP contribution in [0.1, 0.15) is 32.6 Å². The number of hydrogen-bond donors (Lipinski definition) is 2. The van der Waals surface area contributed by atoms with Crippen molar-refractivity contribution in [3.05, 3.63) is 64.0 Å². The molecule has 0 atom stereocenters. The number of hydrogen-bond acceptors (Lipinski definition) is 4. The molecule has 2 N–H and O–H groups in total. The van der Waals surface area contributed by atoms with Gasteiger partial charge in [0.25, 0.3) is 5.91 Å². The number of nitriles is 2. The lowest BCUT2D eigenvalue weighted by Crippen LogP contribution is -2.31. The first-order valence-electron chi connectivity index (χ1n) is 7.37. The number of anilines is 1. The van der Waals surface area contributed by atoms with Crippen LogP contribution in [-0.2, 0) is 12.4 Å². The van der Waals surface area contributed by atoms with Gasteiger partial charge >= 0.3 is 12.4 Å². The minimum absolute atomic E-state index is 0.347. The van der Waals surface area contributed by atoms with Gasteiger partial charge in [0.15, 0.2) is 5.82 Å². The number of benzene rings is 2. The van der Waals surface area contributed by atoms with Gasteiger partial charge in [0, 0.05) is 5.56 Å². The van der Waals surface area contributed by atoms with Crippen molar-refractivity contribution in [3.8, 4) is 12.1 Å². The highest BCUT2D eigenvalue weighted by Crippen LogP contribution is 2.38. The molecule has 1 amide bonds. The van der Waals surface area contributed by atoms with Gasteiger partial charge in [0.1, 0.15) is 11.6 Å². The molecule has 0 saturated heterocycles. The van der Waals surface area contributed by atoms with E-state index in [4.69, 9.17) is 10.5 Å². The van der Waals surface area contributed by atoms with Crippen molar-refractivity contribution in [2.45, 2.75) is 12.4 Å². The molecule has 0 aliphatic carbocycles. The summed E-state index contributed by atoms with van der Waals surface area (Å²) >= 11 is 0. The van der Waals surface area contributed by atoms with Crippen molar-refractivity contribution < 1.29 is 35.5 Å². The molecule has 2 aromatic rings. The molecule has 0 saturated carbocycles.